The number of nitrogens with one attached hydrogen (secondary N) is 1. The van der Waals surface area contributed by atoms with Crippen LogP contribution in [0.1, 0.15) is 6.85 Å². The van der Waals surface area contributed by atoms with Crippen LogP contribution in [0.15, 0.2) is 29.2 Å². The highest BCUT2D eigenvalue weighted by Gasteiger charge is 2.26. The SMILES string of the molecule is [2H]c1c([2H])c([2H])c2c(c1[2H])OCC(C1=N[C@H]([2H])CN1)O2. The van der Waals surface area contributed by atoms with Crippen LogP contribution in [0, 0.1) is 0 Å². The van der Waals surface area contributed by atoms with E-state index in [1.54, 1.807) is 0 Å². The van der Waals surface area contributed by atoms with Crippen LogP contribution in [0.25, 0.3) is 0 Å². The van der Waals surface area contributed by atoms with Crippen LogP contribution in [0.5, 0.6) is 11.5 Å². The van der Waals surface area contributed by atoms with Gasteiger partial charge in [-0.05, 0) is 12.1 Å². The molecule has 3 rings (SSSR count). The van der Waals surface area contributed by atoms with Crippen LogP contribution < -0.4 is 14.8 Å². The predicted octanol–water partition coefficient (Wildman–Crippen LogP) is 0.828. The first-order chi connectivity index (χ1) is 9.49. The lowest BCUT2D eigenvalue weighted by Gasteiger charge is -2.26. The third kappa shape index (κ3) is 1.52. The van der Waals surface area contributed by atoms with Gasteiger partial charge < -0.3 is 14.8 Å². The van der Waals surface area contributed by atoms with Crippen LogP contribution in [-0.4, -0.2) is 31.6 Å². The molecule has 1 aromatic carbocycles. The Morgan fingerprint density at radius 3 is 3.13 bits per heavy atom. The minimum Gasteiger partial charge on any atom is -0.485 e. The van der Waals surface area contributed by atoms with E-state index >= 15 is 0 Å². The number of ether oxygens (including phenoxy) is 2. The van der Waals surface area contributed by atoms with E-state index in [9.17, 15) is 0 Å². The molecule has 4 nitrogen and oxygen atoms in total. The lowest BCUT2D eigenvalue weighted by Crippen LogP contribution is -2.42. The molecule has 0 radical (unpaired) electrons. The number of para-hydroxylation sites is 2. The maximum atomic E-state index is 7.82. The van der Waals surface area contributed by atoms with Crippen LogP contribution in [-0.2, 0) is 0 Å². The number of benzene rings is 1. The van der Waals surface area contributed by atoms with Crippen LogP contribution in [0.2, 0.25) is 0 Å². The van der Waals surface area contributed by atoms with E-state index in [1.807, 2.05) is 0 Å². The van der Waals surface area contributed by atoms with Crippen molar-refractivity contribution in [2.75, 3.05) is 19.7 Å². The van der Waals surface area contributed by atoms with E-state index < -0.39 is 12.6 Å². The summed E-state index contributed by atoms with van der Waals surface area (Å²) in [6.45, 7) is -0.0952. The number of hydrogen-bond donors (Lipinski definition) is 1. The summed E-state index contributed by atoms with van der Waals surface area (Å²) in [6.07, 6.45) is -0.586. The minimum absolute atomic E-state index is 0.00909. The second-order valence-electron chi connectivity index (χ2n) is 3.15. The number of amidine groups is 1. The van der Waals surface area contributed by atoms with Gasteiger partial charge in [0.1, 0.15) is 12.4 Å². The molecule has 0 fully saturated rings. The molecule has 2 aliphatic heterocycles. The average Bonchev–Trinajstić information content (AvgIpc) is 2.89. The number of nitrogens with zero attached hydrogens (tertiary/aromatic N) is 1. The highest BCUT2D eigenvalue weighted by atomic mass is 16.6. The average molecular weight is 209 g/mol. The fraction of sp³-hybridized carbons (Fsp3) is 0.364. The number of rotatable bonds is 1. The third-order valence-corrected chi connectivity index (χ3v) is 2.17. The molecule has 0 spiro atoms. The third-order valence-electron chi connectivity index (χ3n) is 2.17. The van der Waals surface area contributed by atoms with E-state index in [-0.39, 0.29) is 42.3 Å². The fourth-order valence-corrected chi connectivity index (χ4v) is 1.48. The Labute approximate surface area is 94.9 Å². The van der Waals surface area contributed by atoms with Gasteiger partial charge in [-0.15, -0.1) is 0 Å². The maximum Gasteiger partial charge on any atom is 0.189 e. The van der Waals surface area contributed by atoms with Crippen molar-refractivity contribution in [3.63, 3.8) is 0 Å². The highest BCUT2D eigenvalue weighted by molar-refractivity contribution is 5.88. The zero-order chi connectivity index (χ0) is 14.4. The van der Waals surface area contributed by atoms with E-state index in [0.717, 1.165) is 0 Å². The first-order valence-electron chi connectivity index (χ1n) is 7.20. The van der Waals surface area contributed by atoms with Gasteiger partial charge in [-0.25, -0.2) is 0 Å². The minimum atomic E-state index is -0.586. The number of aliphatic imine (C=N–C) groups is 1. The van der Waals surface area contributed by atoms with Gasteiger partial charge in [0, 0.05) is 6.54 Å². The topological polar surface area (TPSA) is 42.8 Å². The van der Waals surface area contributed by atoms with E-state index in [4.69, 9.17) is 16.3 Å². The van der Waals surface area contributed by atoms with E-state index in [0.29, 0.717) is 12.4 Å². The zero-order valence-corrected chi connectivity index (χ0v) is 7.83. The van der Waals surface area contributed by atoms with Crippen molar-refractivity contribution in [1.29, 1.82) is 0 Å². The van der Waals surface area contributed by atoms with Crippen LogP contribution >= 0.6 is 0 Å². The molecule has 78 valence electrons. The number of fused-ring (bicyclic) bond motifs is 1. The van der Waals surface area contributed by atoms with Crippen molar-refractivity contribution >= 4 is 5.84 Å². The van der Waals surface area contributed by atoms with E-state index in [2.05, 4.69) is 10.3 Å². The lowest BCUT2D eigenvalue weighted by molar-refractivity contribution is 0.133. The maximum absolute atomic E-state index is 7.82. The molecule has 2 atom stereocenters. The summed E-state index contributed by atoms with van der Waals surface area (Å²) in [4.78, 5) is 4.05. The molecule has 1 aromatic rings. The molecule has 1 unspecified atom stereocenters. The van der Waals surface area contributed by atoms with E-state index in [1.165, 1.54) is 0 Å². The Morgan fingerprint density at radius 1 is 1.47 bits per heavy atom. The van der Waals surface area contributed by atoms with Crippen LogP contribution in [0.3, 0.4) is 0 Å². The Hall–Kier alpha value is -1.71. The lowest BCUT2D eigenvalue weighted by atomic mass is 10.2. The molecular formula is C11H12N2O2. The van der Waals surface area contributed by atoms with Crippen molar-refractivity contribution in [3.8, 4) is 11.5 Å². The van der Waals surface area contributed by atoms with Gasteiger partial charge in [0.05, 0.1) is 13.4 Å². The van der Waals surface area contributed by atoms with Gasteiger partial charge in [-0.1, -0.05) is 12.1 Å². The van der Waals surface area contributed by atoms with Gasteiger partial charge in [-0.2, -0.15) is 0 Å². The molecular weight excluding hydrogens is 192 g/mol. The van der Waals surface area contributed by atoms with Gasteiger partial charge >= 0.3 is 0 Å². The van der Waals surface area contributed by atoms with Crippen molar-refractivity contribution < 1.29 is 16.3 Å². The zero-order valence-electron chi connectivity index (χ0n) is 12.8. The summed E-state index contributed by atoms with van der Waals surface area (Å²) in [5.41, 5.74) is 0. The highest BCUT2D eigenvalue weighted by Crippen LogP contribution is 2.31. The monoisotopic (exact) mass is 209 g/mol. The smallest absolute Gasteiger partial charge is 0.189 e. The van der Waals surface area contributed by atoms with Crippen molar-refractivity contribution in [1.82, 2.24) is 5.32 Å². The Bertz CT molecular complexity index is 607. The Kier molecular flexibility index (Phi) is 1.12. The molecule has 2 heterocycles. The van der Waals surface area contributed by atoms with Gasteiger partial charge in [-0.3, -0.25) is 4.99 Å². The van der Waals surface area contributed by atoms with Gasteiger partial charge in [0.15, 0.2) is 17.6 Å². The number of hydrogen-bond acceptors (Lipinski definition) is 4. The summed E-state index contributed by atoms with van der Waals surface area (Å²) in [7, 11) is 0. The summed E-state index contributed by atoms with van der Waals surface area (Å²) in [6, 6.07) is -1.23. The standard InChI is InChI=1S/C11H12N2O2/c1-2-4-9-8(3-1)14-7-10(15-9)11-12-5-6-13-11/h1-4,10H,5-7H2,(H,12,13)/i1D,2D,3D,4D,5D/t5-,10?/m1/s1. The second kappa shape index (κ2) is 3.46. The molecule has 0 aliphatic carbocycles. The molecule has 0 bridgehead atoms. The molecule has 15 heavy (non-hydrogen) atoms. The summed E-state index contributed by atoms with van der Waals surface area (Å²) >= 11 is 0. The molecule has 0 saturated heterocycles. The summed E-state index contributed by atoms with van der Waals surface area (Å²) in [5, 5.41) is 2.93. The molecule has 4 heteroatoms. The summed E-state index contributed by atoms with van der Waals surface area (Å²) in [5.74, 6) is 0.488. The first-order valence-corrected chi connectivity index (χ1v) is 4.62. The molecule has 0 aromatic heterocycles. The molecule has 0 amide bonds. The Balaban J connectivity index is 1.97. The van der Waals surface area contributed by atoms with Gasteiger partial charge in [0.2, 0.25) is 0 Å². The quantitative estimate of drug-likeness (QED) is 0.745. The van der Waals surface area contributed by atoms with Gasteiger partial charge in [0.25, 0.3) is 0 Å². The molecule has 2 aliphatic rings. The fourth-order valence-electron chi connectivity index (χ4n) is 1.48. The van der Waals surface area contributed by atoms with Crippen molar-refractivity contribution in [2.24, 2.45) is 4.99 Å². The van der Waals surface area contributed by atoms with Crippen molar-refractivity contribution in [3.05, 3.63) is 24.2 Å². The molecule has 1 N–H and O–H groups in total. The summed E-state index contributed by atoms with van der Waals surface area (Å²) < 4.78 is 49.3. The Morgan fingerprint density at radius 2 is 2.33 bits per heavy atom. The molecule has 0 saturated carbocycles. The van der Waals surface area contributed by atoms with Crippen LogP contribution in [0.4, 0.5) is 0 Å². The first kappa shape index (κ1) is 4.88. The second-order valence-corrected chi connectivity index (χ2v) is 3.15. The predicted molar refractivity (Wildman–Crippen MR) is 56.7 cm³/mol. The largest absolute Gasteiger partial charge is 0.485 e. The normalized spacial score (nSPS) is 32.8. The van der Waals surface area contributed by atoms with Crippen molar-refractivity contribution in [2.45, 2.75) is 6.10 Å².